The lowest BCUT2D eigenvalue weighted by molar-refractivity contribution is 0.111. The first-order valence-corrected chi connectivity index (χ1v) is 6.60. The van der Waals surface area contributed by atoms with Crippen LogP contribution in [0.5, 0.6) is 5.75 Å². The van der Waals surface area contributed by atoms with Gasteiger partial charge in [0.25, 0.3) is 0 Å². The highest BCUT2D eigenvalue weighted by atomic mass is 16.5. The number of ether oxygens (including phenoxy) is 1. The molecule has 104 valence electrons. The van der Waals surface area contributed by atoms with E-state index in [2.05, 4.69) is 10.6 Å². The molecular formula is C14H20N2O3. The van der Waals surface area contributed by atoms with Gasteiger partial charge in [0.2, 0.25) is 0 Å². The minimum absolute atomic E-state index is 0.141. The highest BCUT2D eigenvalue weighted by Crippen LogP contribution is 2.17. The predicted octanol–water partition coefficient (Wildman–Crippen LogP) is 1.93. The molecule has 1 aromatic rings. The van der Waals surface area contributed by atoms with Crippen molar-refractivity contribution in [2.45, 2.75) is 31.9 Å². The van der Waals surface area contributed by atoms with Gasteiger partial charge in [-0.3, -0.25) is 0 Å². The predicted molar refractivity (Wildman–Crippen MR) is 72.0 cm³/mol. The number of urea groups is 1. The number of carbonyl (C=O) groups excluding carboxylic acids is 1. The zero-order valence-electron chi connectivity index (χ0n) is 11.1. The first kappa shape index (κ1) is 13.7. The van der Waals surface area contributed by atoms with E-state index < -0.39 is 0 Å². The summed E-state index contributed by atoms with van der Waals surface area (Å²) in [6.07, 6.45) is 2.21. The van der Waals surface area contributed by atoms with E-state index in [-0.39, 0.29) is 23.9 Å². The molecule has 0 unspecified atom stereocenters. The fourth-order valence-corrected chi connectivity index (χ4v) is 2.14. The van der Waals surface area contributed by atoms with Crippen molar-refractivity contribution in [3.8, 4) is 5.75 Å². The van der Waals surface area contributed by atoms with Gasteiger partial charge in [0.05, 0.1) is 12.1 Å². The highest BCUT2D eigenvalue weighted by Gasteiger charge is 2.16. The molecule has 1 aliphatic rings. The Morgan fingerprint density at radius 2 is 2.42 bits per heavy atom. The molecule has 5 heteroatoms. The van der Waals surface area contributed by atoms with Crippen molar-refractivity contribution < 1.29 is 14.6 Å². The summed E-state index contributed by atoms with van der Waals surface area (Å²) < 4.78 is 5.43. The molecule has 1 heterocycles. The average molecular weight is 264 g/mol. The standard InChI is InChI=1S/C14H20N2O3/c1-10(11-4-2-5-12(17)8-11)16-14(18)15-9-13-6-3-7-19-13/h2,4-5,8,10,13,17H,3,6-7,9H2,1H3,(H2,15,16,18)/t10-,13+/m0/s1. The molecule has 19 heavy (non-hydrogen) atoms. The van der Waals surface area contributed by atoms with Gasteiger partial charge in [0, 0.05) is 13.2 Å². The summed E-state index contributed by atoms with van der Waals surface area (Å²) in [6.45, 7) is 3.20. The highest BCUT2D eigenvalue weighted by molar-refractivity contribution is 5.74. The normalized spacial score (nSPS) is 19.9. The van der Waals surface area contributed by atoms with Crippen LogP contribution in [0.15, 0.2) is 24.3 Å². The first-order valence-electron chi connectivity index (χ1n) is 6.60. The molecular weight excluding hydrogens is 244 g/mol. The molecule has 1 fully saturated rings. The third-order valence-corrected chi connectivity index (χ3v) is 3.23. The summed E-state index contributed by atoms with van der Waals surface area (Å²) >= 11 is 0. The molecule has 1 aliphatic heterocycles. The molecule has 2 rings (SSSR count). The Bertz CT molecular complexity index is 430. The van der Waals surface area contributed by atoms with Crippen LogP contribution >= 0.6 is 0 Å². The molecule has 3 N–H and O–H groups in total. The van der Waals surface area contributed by atoms with E-state index >= 15 is 0 Å². The van der Waals surface area contributed by atoms with Crippen LogP contribution in [-0.4, -0.2) is 30.4 Å². The lowest BCUT2D eigenvalue weighted by atomic mass is 10.1. The molecule has 0 aromatic heterocycles. The molecule has 1 aromatic carbocycles. The molecule has 0 spiro atoms. The van der Waals surface area contributed by atoms with Crippen molar-refractivity contribution in [3.05, 3.63) is 29.8 Å². The molecule has 5 nitrogen and oxygen atoms in total. The monoisotopic (exact) mass is 264 g/mol. The van der Waals surface area contributed by atoms with E-state index in [9.17, 15) is 9.90 Å². The van der Waals surface area contributed by atoms with Crippen LogP contribution in [0.1, 0.15) is 31.4 Å². The van der Waals surface area contributed by atoms with Crippen molar-refractivity contribution in [2.24, 2.45) is 0 Å². The van der Waals surface area contributed by atoms with Gasteiger partial charge in [0.15, 0.2) is 0 Å². The Kier molecular flexibility index (Phi) is 4.63. The molecule has 0 radical (unpaired) electrons. The van der Waals surface area contributed by atoms with E-state index in [1.165, 1.54) is 0 Å². The Morgan fingerprint density at radius 3 is 3.11 bits per heavy atom. The fourth-order valence-electron chi connectivity index (χ4n) is 2.14. The summed E-state index contributed by atoms with van der Waals surface area (Å²) in [5.41, 5.74) is 0.868. The van der Waals surface area contributed by atoms with Gasteiger partial charge in [-0.2, -0.15) is 0 Å². The molecule has 0 saturated carbocycles. The molecule has 0 bridgehead atoms. The summed E-state index contributed by atoms with van der Waals surface area (Å²) in [7, 11) is 0. The Hall–Kier alpha value is -1.75. The smallest absolute Gasteiger partial charge is 0.315 e. The van der Waals surface area contributed by atoms with Crippen LogP contribution < -0.4 is 10.6 Å². The van der Waals surface area contributed by atoms with Gasteiger partial charge in [0.1, 0.15) is 5.75 Å². The maximum atomic E-state index is 11.7. The molecule has 0 aliphatic carbocycles. The molecule has 1 saturated heterocycles. The maximum Gasteiger partial charge on any atom is 0.315 e. The number of nitrogens with one attached hydrogen (secondary N) is 2. The van der Waals surface area contributed by atoms with Crippen LogP contribution in [0.25, 0.3) is 0 Å². The zero-order chi connectivity index (χ0) is 13.7. The fraction of sp³-hybridized carbons (Fsp3) is 0.500. The van der Waals surface area contributed by atoms with Crippen molar-refractivity contribution >= 4 is 6.03 Å². The van der Waals surface area contributed by atoms with E-state index in [4.69, 9.17) is 4.74 Å². The van der Waals surface area contributed by atoms with Gasteiger partial charge in [-0.05, 0) is 37.5 Å². The molecule has 2 atom stereocenters. The SMILES string of the molecule is C[C@H](NC(=O)NC[C@H]1CCCO1)c1cccc(O)c1. The van der Waals surface area contributed by atoms with Gasteiger partial charge in [-0.25, -0.2) is 4.79 Å². The first-order chi connectivity index (χ1) is 9.15. The van der Waals surface area contributed by atoms with Crippen molar-refractivity contribution in [2.75, 3.05) is 13.2 Å². The lowest BCUT2D eigenvalue weighted by Crippen LogP contribution is -2.40. The Morgan fingerprint density at radius 1 is 1.58 bits per heavy atom. The minimum Gasteiger partial charge on any atom is -0.508 e. The van der Waals surface area contributed by atoms with Crippen molar-refractivity contribution in [1.82, 2.24) is 10.6 Å². The summed E-state index contributed by atoms with van der Waals surface area (Å²) in [6, 6.07) is 6.50. The largest absolute Gasteiger partial charge is 0.508 e. The average Bonchev–Trinajstić information content (AvgIpc) is 2.89. The second-order valence-electron chi connectivity index (χ2n) is 4.81. The zero-order valence-corrected chi connectivity index (χ0v) is 11.1. The van der Waals surface area contributed by atoms with E-state index in [0.717, 1.165) is 25.0 Å². The third kappa shape index (κ3) is 4.13. The minimum atomic E-state index is -0.216. The van der Waals surface area contributed by atoms with Gasteiger partial charge >= 0.3 is 6.03 Å². The lowest BCUT2D eigenvalue weighted by Gasteiger charge is -2.16. The number of benzene rings is 1. The van der Waals surface area contributed by atoms with Crippen LogP contribution in [0.3, 0.4) is 0 Å². The summed E-state index contributed by atoms with van der Waals surface area (Å²) in [4.78, 5) is 11.7. The number of phenols is 1. The van der Waals surface area contributed by atoms with Crippen LogP contribution in [-0.2, 0) is 4.74 Å². The second kappa shape index (κ2) is 6.43. The maximum absolute atomic E-state index is 11.7. The number of rotatable bonds is 4. The van der Waals surface area contributed by atoms with Crippen LogP contribution in [0, 0.1) is 0 Å². The van der Waals surface area contributed by atoms with Crippen LogP contribution in [0.4, 0.5) is 4.79 Å². The number of aromatic hydroxyl groups is 1. The van der Waals surface area contributed by atoms with Crippen molar-refractivity contribution in [3.63, 3.8) is 0 Å². The van der Waals surface area contributed by atoms with Crippen molar-refractivity contribution in [1.29, 1.82) is 0 Å². The van der Waals surface area contributed by atoms with E-state index in [0.29, 0.717) is 6.54 Å². The molecule has 2 amide bonds. The van der Waals surface area contributed by atoms with Gasteiger partial charge in [-0.1, -0.05) is 12.1 Å². The number of amides is 2. The van der Waals surface area contributed by atoms with E-state index in [1.807, 2.05) is 13.0 Å². The van der Waals surface area contributed by atoms with Crippen LogP contribution in [0.2, 0.25) is 0 Å². The summed E-state index contributed by atoms with van der Waals surface area (Å²) in [5, 5.41) is 15.0. The number of phenolic OH excluding ortho intramolecular Hbond substituents is 1. The van der Waals surface area contributed by atoms with E-state index in [1.54, 1.807) is 18.2 Å². The number of hydrogen-bond acceptors (Lipinski definition) is 3. The van der Waals surface area contributed by atoms with Gasteiger partial charge in [-0.15, -0.1) is 0 Å². The second-order valence-corrected chi connectivity index (χ2v) is 4.81. The topological polar surface area (TPSA) is 70.6 Å². The number of carbonyl (C=O) groups is 1. The Labute approximate surface area is 113 Å². The number of hydrogen-bond donors (Lipinski definition) is 3. The summed E-state index contributed by atoms with van der Waals surface area (Å²) in [5.74, 6) is 0.200. The quantitative estimate of drug-likeness (QED) is 0.778. The third-order valence-electron chi connectivity index (χ3n) is 3.23. The van der Waals surface area contributed by atoms with Gasteiger partial charge < -0.3 is 20.5 Å². The Balaban J connectivity index is 1.77.